The third kappa shape index (κ3) is 2.36. The highest BCUT2D eigenvalue weighted by atomic mass is 127. The summed E-state index contributed by atoms with van der Waals surface area (Å²) in [6.45, 7) is 10.5. The molecule has 0 heterocycles. The lowest BCUT2D eigenvalue weighted by Crippen LogP contribution is -2.53. The van der Waals surface area contributed by atoms with Crippen molar-refractivity contribution < 1.29 is 4.74 Å². The van der Waals surface area contributed by atoms with E-state index in [9.17, 15) is 0 Å². The topological polar surface area (TPSA) is 9.23 Å². The molecule has 2 heteroatoms. The molecule has 0 N–H and O–H groups in total. The van der Waals surface area contributed by atoms with Crippen LogP contribution in [0.4, 0.5) is 0 Å². The molecule has 18 heavy (non-hydrogen) atoms. The second-order valence-electron chi connectivity index (χ2n) is 7.34. The van der Waals surface area contributed by atoms with Gasteiger partial charge in [0.05, 0.1) is 5.60 Å². The number of hydrogen-bond donors (Lipinski definition) is 0. The Kier molecular flexibility index (Phi) is 4.69. The second-order valence-corrected chi connectivity index (χ2v) is 8.10. The summed E-state index contributed by atoms with van der Waals surface area (Å²) in [5.74, 6) is 2.54. The van der Waals surface area contributed by atoms with Crippen molar-refractivity contribution in [1.29, 1.82) is 0 Å². The largest absolute Gasteiger partial charge is 0.373 e. The molecule has 0 radical (unpaired) electrons. The fourth-order valence-electron chi connectivity index (χ4n) is 4.30. The van der Waals surface area contributed by atoms with Crippen molar-refractivity contribution in [3.05, 3.63) is 0 Å². The van der Waals surface area contributed by atoms with Gasteiger partial charge in [0, 0.05) is 11.0 Å². The van der Waals surface area contributed by atoms with Crippen LogP contribution in [0.15, 0.2) is 0 Å². The second kappa shape index (κ2) is 5.59. The summed E-state index contributed by atoms with van der Waals surface area (Å²) in [6, 6.07) is 0. The molecule has 2 aliphatic carbocycles. The monoisotopic (exact) mass is 364 g/mol. The van der Waals surface area contributed by atoms with Crippen LogP contribution in [-0.4, -0.2) is 16.6 Å². The molecular weight excluding hydrogens is 335 g/mol. The van der Waals surface area contributed by atoms with E-state index in [0.29, 0.717) is 5.41 Å². The molecule has 2 fully saturated rings. The van der Waals surface area contributed by atoms with E-state index >= 15 is 0 Å². The first-order valence-corrected chi connectivity index (χ1v) is 9.16. The fraction of sp³-hybridized carbons (Fsp3) is 1.00. The van der Waals surface area contributed by atoms with Crippen LogP contribution < -0.4 is 0 Å². The van der Waals surface area contributed by atoms with Gasteiger partial charge in [-0.2, -0.15) is 0 Å². The molecule has 3 unspecified atom stereocenters. The highest BCUT2D eigenvalue weighted by molar-refractivity contribution is 14.1. The third-order valence-corrected chi connectivity index (χ3v) is 6.82. The quantitative estimate of drug-likeness (QED) is 0.363. The van der Waals surface area contributed by atoms with Gasteiger partial charge in [-0.1, -0.05) is 50.3 Å². The first-order chi connectivity index (χ1) is 8.44. The van der Waals surface area contributed by atoms with Crippen LogP contribution in [0.1, 0.15) is 59.8 Å². The van der Waals surface area contributed by atoms with Gasteiger partial charge in [0.25, 0.3) is 0 Å². The van der Waals surface area contributed by atoms with Crippen molar-refractivity contribution in [3.8, 4) is 0 Å². The average Bonchev–Trinajstić information content (AvgIpc) is 2.85. The van der Waals surface area contributed by atoms with Crippen LogP contribution >= 0.6 is 22.6 Å². The number of alkyl halides is 1. The van der Waals surface area contributed by atoms with E-state index < -0.39 is 0 Å². The molecule has 0 aromatic rings. The molecule has 106 valence electrons. The third-order valence-electron chi connectivity index (χ3n) is 5.69. The maximum atomic E-state index is 6.53. The van der Waals surface area contributed by atoms with Gasteiger partial charge in [0.1, 0.15) is 0 Å². The maximum Gasteiger partial charge on any atom is 0.0852 e. The number of hydrogen-bond acceptors (Lipinski definition) is 1. The fourth-order valence-corrected chi connectivity index (χ4v) is 6.13. The SMILES string of the molecule is CC(C)CCCOC1(CI)C2CCC(C2)C1(C)C. The van der Waals surface area contributed by atoms with Crippen molar-refractivity contribution >= 4 is 22.6 Å². The first-order valence-electron chi connectivity index (χ1n) is 7.64. The normalized spacial score (nSPS) is 37.7. The van der Waals surface area contributed by atoms with E-state index in [0.717, 1.165) is 24.4 Å². The zero-order valence-electron chi connectivity index (χ0n) is 12.5. The van der Waals surface area contributed by atoms with Crippen LogP contribution in [0.3, 0.4) is 0 Å². The Labute approximate surface area is 127 Å². The maximum absolute atomic E-state index is 6.53. The van der Waals surface area contributed by atoms with Gasteiger partial charge in [-0.3, -0.25) is 0 Å². The molecular formula is C16H29IO. The minimum Gasteiger partial charge on any atom is -0.373 e. The summed E-state index contributed by atoms with van der Waals surface area (Å²) in [7, 11) is 0. The van der Waals surface area contributed by atoms with Gasteiger partial charge in [-0.15, -0.1) is 0 Å². The van der Waals surface area contributed by atoms with Gasteiger partial charge in [0.2, 0.25) is 0 Å². The van der Waals surface area contributed by atoms with Gasteiger partial charge < -0.3 is 4.74 Å². The number of fused-ring (bicyclic) bond motifs is 2. The van der Waals surface area contributed by atoms with Crippen LogP contribution in [0.2, 0.25) is 0 Å². The van der Waals surface area contributed by atoms with Crippen LogP contribution in [0.25, 0.3) is 0 Å². The number of ether oxygens (including phenoxy) is 1. The van der Waals surface area contributed by atoms with E-state index in [-0.39, 0.29) is 5.60 Å². The van der Waals surface area contributed by atoms with Gasteiger partial charge in [-0.05, 0) is 55.3 Å². The molecule has 0 aliphatic heterocycles. The van der Waals surface area contributed by atoms with Crippen LogP contribution in [0, 0.1) is 23.2 Å². The molecule has 3 atom stereocenters. The molecule has 0 aromatic heterocycles. The summed E-state index contributed by atoms with van der Waals surface area (Å²) in [5.41, 5.74) is 0.558. The van der Waals surface area contributed by atoms with Crippen molar-refractivity contribution in [3.63, 3.8) is 0 Å². The molecule has 2 bridgehead atoms. The Balaban J connectivity index is 1.98. The average molecular weight is 364 g/mol. The Morgan fingerprint density at radius 1 is 1.22 bits per heavy atom. The highest BCUT2D eigenvalue weighted by Gasteiger charge is 2.63. The molecule has 0 amide bonds. The minimum atomic E-state index is 0.174. The van der Waals surface area contributed by atoms with Gasteiger partial charge in [-0.25, -0.2) is 0 Å². The molecule has 0 aromatic carbocycles. The number of rotatable bonds is 6. The molecule has 1 nitrogen and oxygen atoms in total. The van der Waals surface area contributed by atoms with Gasteiger partial charge >= 0.3 is 0 Å². The van der Waals surface area contributed by atoms with Gasteiger partial charge in [0.15, 0.2) is 0 Å². The van der Waals surface area contributed by atoms with Crippen molar-refractivity contribution in [2.24, 2.45) is 23.2 Å². The lowest BCUT2D eigenvalue weighted by atomic mass is 9.66. The minimum absolute atomic E-state index is 0.174. The van der Waals surface area contributed by atoms with E-state index in [1.54, 1.807) is 0 Å². The van der Waals surface area contributed by atoms with Crippen molar-refractivity contribution in [2.75, 3.05) is 11.0 Å². The zero-order valence-corrected chi connectivity index (χ0v) is 14.6. The van der Waals surface area contributed by atoms with E-state index in [1.807, 2.05) is 0 Å². The van der Waals surface area contributed by atoms with Crippen molar-refractivity contribution in [1.82, 2.24) is 0 Å². The number of halogens is 1. The lowest BCUT2D eigenvalue weighted by Gasteiger charge is -2.49. The Morgan fingerprint density at radius 2 is 1.89 bits per heavy atom. The Hall–Kier alpha value is 0.690. The zero-order chi connectivity index (χ0) is 13.4. The summed E-state index contributed by atoms with van der Waals surface area (Å²) >= 11 is 2.57. The van der Waals surface area contributed by atoms with E-state index in [2.05, 4.69) is 50.3 Å². The summed E-state index contributed by atoms with van der Waals surface area (Å²) < 4.78 is 7.70. The summed E-state index contributed by atoms with van der Waals surface area (Å²) in [4.78, 5) is 0. The molecule has 0 spiro atoms. The molecule has 0 saturated heterocycles. The molecule has 2 saturated carbocycles. The van der Waals surface area contributed by atoms with Crippen LogP contribution in [-0.2, 0) is 4.74 Å². The standard InChI is InChI=1S/C16H29IO/c1-12(2)6-5-9-18-16(11-17)14-8-7-13(10-14)15(16,3)4/h12-14H,5-11H2,1-4H3. The summed E-state index contributed by atoms with van der Waals surface area (Å²) in [6.07, 6.45) is 6.78. The predicted octanol–water partition coefficient (Wildman–Crippen LogP) is 5.07. The molecule has 2 rings (SSSR count). The summed E-state index contributed by atoms with van der Waals surface area (Å²) in [5, 5.41) is 0. The Bertz CT molecular complexity index is 287. The highest BCUT2D eigenvalue weighted by Crippen LogP contribution is 2.63. The van der Waals surface area contributed by atoms with Crippen molar-refractivity contribution in [2.45, 2.75) is 65.4 Å². The van der Waals surface area contributed by atoms with E-state index in [4.69, 9.17) is 4.74 Å². The Morgan fingerprint density at radius 3 is 2.39 bits per heavy atom. The van der Waals surface area contributed by atoms with E-state index in [1.165, 1.54) is 36.5 Å². The first kappa shape index (κ1) is 15.1. The van der Waals surface area contributed by atoms with Crippen LogP contribution in [0.5, 0.6) is 0 Å². The predicted molar refractivity (Wildman–Crippen MR) is 86.3 cm³/mol. The smallest absolute Gasteiger partial charge is 0.0852 e. The lowest BCUT2D eigenvalue weighted by molar-refractivity contribution is -0.137. The molecule has 2 aliphatic rings.